The first kappa shape index (κ1) is 19.9. The number of nitrogens with two attached hydrogens (primary N) is 1. The van der Waals surface area contributed by atoms with Crippen LogP contribution in [0.5, 0.6) is 0 Å². The fourth-order valence-electron chi connectivity index (χ4n) is 2.09. The van der Waals surface area contributed by atoms with Crippen LogP contribution in [0, 0.1) is 6.92 Å². The maximum atomic E-state index is 12.4. The second-order valence-corrected chi connectivity index (χ2v) is 7.60. The van der Waals surface area contributed by atoms with Crippen molar-refractivity contribution in [3.8, 4) is 0 Å². The number of amides is 2. The Morgan fingerprint density at radius 3 is 2.65 bits per heavy atom. The van der Waals surface area contributed by atoms with Crippen molar-refractivity contribution in [2.24, 2.45) is 5.73 Å². The first-order valence-electron chi connectivity index (χ1n) is 7.77. The Morgan fingerprint density at radius 1 is 1.35 bits per heavy atom. The van der Waals surface area contributed by atoms with Gasteiger partial charge in [0.2, 0.25) is 5.91 Å². The van der Waals surface area contributed by atoms with Crippen molar-refractivity contribution in [1.82, 2.24) is 4.98 Å². The van der Waals surface area contributed by atoms with Crippen LogP contribution < -0.4 is 11.1 Å². The van der Waals surface area contributed by atoms with E-state index in [4.69, 9.17) is 10.5 Å². The maximum absolute atomic E-state index is 12.4. The number of thioether (sulfide) groups is 1. The van der Waals surface area contributed by atoms with Crippen LogP contribution >= 0.6 is 23.1 Å². The molecule has 26 heavy (non-hydrogen) atoms. The molecule has 0 saturated carbocycles. The summed E-state index contributed by atoms with van der Waals surface area (Å²) in [6.07, 6.45) is 1.31. The third kappa shape index (κ3) is 5.06. The van der Waals surface area contributed by atoms with E-state index in [0.717, 1.165) is 11.3 Å². The number of anilines is 1. The third-order valence-electron chi connectivity index (χ3n) is 3.16. The number of nitrogens with one attached hydrogen (secondary N) is 1. The van der Waals surface area contributed by atoms with Crippen molar-refractivity contribution >= 4 is 45.9 Å². The van der Waals surface area contributed by atoms with Crippen LogP contribution in [0.15, 0.2) is 29.4 Å². The van der Waals surface area contributed by atoms with E-state index in [1.54, 1.807) is 39.1 Å². The number of ether oxygens (including phenoxy) is 1. The molecule has 0 radical (unpaired) electrons. The molecule has 2 aromatic heterocycles. The average Bonchev–Trinajstić information content (AvgIpc) is 2.89. The highest BCUT2D eigenvalue weighted by atomic mass is 32.2. The summed E-state index contributed by atoms with van der Waals surface area (Å²) in [5.41, 5.74) is 5.92. The zero-order valence-corrected chi connectivity index (χ0v) is 16.2. The fraction of sp³-hybridized carbons (Fsp3) is 0.294. The molecule has 3 N–H and O–H groups in total. The zero-order valence-electron chi connectivity index (χ0n) is 14.6. The number of hydrogen-bond donors (Lipinski definition) is 2. The Morgan fingerprint density at radius 2 is 2.08 bits per heavy atom. The molecule has 2 amide bonds. The first-order chi connectivity index (χ1) is 12.3. The van der Waals surface area contributed by atoms with Crippen molar-refractivity contribution in [3.05, 3.63) is 40.4 Å². The maximum Gasteiger partial charge on any atom is 0.341 e. The van der Waals surface area contributed by atoms with Crippen LogP contribution in [0.3, 0.4) is 0 Å². The van der Waals surface area contributed by atoms with Crippen LogP contribution in [-0.2, 0) is 9.53 Å². The molecule has 9 heteroatoms. The van der Waals surface area contributed by atoms with E-state index in [1.165, 1.54) is 11.8 Å². The number of carbonyl (C=O) groups excluding carboxylic acids is 3. The van der Waals surface area contributed by atoms with Gasteiger partial charge in [-0.2, -0.15) is 0 Å². The van der Waals surface area contributed by atoms with Gasteiger partial charge in [0.1, 0.15) is 5.00 Å². The Balaban J connectivity index is 2.18. The molecule has 0 atom stereocenters. The van der Waals surface area contributed by atoms with Gasteiger partial charge >= 0.3 is 5.97 Å². The van der Waals surface area contributed by atoms with E-state index in [1.807, 2.05) is 6.07 Å². The molecule has 2 aromatic rings. The van der Waals surface area contributed by atoms with Gasteiger partial charge in [0.15, 0.2) is 0 Å². The number of carbonyl (C=O) groups is 3. The van der Waals surface area contributed by atoms with Crippen LogP contribution in [0.2, 0.25) is 0 Å². The number of nitrogens with zero attached hydrogens (tertiary/aromatic N) is 1. The lowest BCUT2D eigenvalue weighted by Crippen LogP contribution is -2.18. The van der Waals surface area contributed by atoms with Gasteiger partial charge in [0.05, 0.1) is 27.3 Å². The minimum Gasteiger partial charge on any atom is -0.459 e. The van der Waals surface area contributed by atoms with Crippen LogP contribution in [0.4, 0.5) is 5.00 Å². The number of aromatic nitrogens is 1. The lowest BCUT2D eigenvalue weighted by molar-refractivity contribution is -0.113. The monoisotopic (exact) mass is 393 g/mol. The summed E-state index contributed by atoms with van der Waals surface area (Å²) in [5, 5.41) is 3.64. The van der Waals surface area contributed by atoms with Crippen LogP contribution in [-0.4, -0.2) is 34.6 Å². The van der Waals surface area contributed by atoms with E-state index in [9.17, 15) is 14.4 Å². The molecule has 0 aliphatic heterocycles. The van der Waals surface area contributed by atoms with Crippen molar-refractivity contribution < 1.29 is 19.1 Å². The number of thiophene rings is 1. The Bertz CT molecular complexity index is 819. The summed E-state index contributed by atoms with van der Waals surface area (Å²) in [6, 6.07) is 5.41. The van der Waals surface area contributed by atoms with Gasteiger partial charge in [0.25, 0.3) is 5.91 Å². The Kier molecular flexibility index (Phi) is 6.76. The molecule has 138 valence electrons. The number of primary amides is 1. The molecule has 2 heterocycles. The molecule has 0 aromatic carbocycles. The minimum absolute atomic E-state index is 0.110. The summed E-state index contributed by atoms with van der Waals surface area (Å²) in [4.78, 5) is 40.5. The quantitative estimate of drug-likeness (QED) is 0.553. The van der Waals surface area contributed by atoms with Crippen molar-refractivity contribution in [2.75, 3.05) is 11.1 Å². The number of pyridine rings is 1. The largest absolute Gasteiger partial charge is 0.459 e. The lowest BCUT2D eigenvalue weighted by atomic mass is 10.1. The standard InChI is InChI=1S/C17H19N3O4S2/c1-9(2)24-17(23)13-10(3)14(15(18)22)26-16(13)20-11(21)8-25-12-6-4-5-7-19-12/h4-7,9H,8H2,1-3H3,(H2,18,22)(H,20,21). The molecule has 0 aliphatic carbocycles. The number of esters is 1. The predicted molar refractivity (Wildman–Crippen MR) is 102 cm³/mol. The highest BCUT2D eigenvalue weighted by molar-refractivity contribution is 7.99. The first-order valence-corrected chi connectivity index (χ1v) is 9.57. The molecular weight excluding hydrogens is 374 g/mol. The zero-order chi connectivity index (χ0) is 19.3. The molecule has 0 saturated heterocycles. The molecule has 0 spiro atoms. The molecule has 0 fully saturated rings. The van der Waals surface area contributed by atoms with Gasteiger partial charge in [-0.1, -0.05) is 17.8 Å². The Labute approximate surface area is 159 Å². The van der Waals surface area contributed by atoms with E-state index < -0.39 is 11.9 Å². The van der Waals surface area contributed by atoms with E-state index in [0.29, 0.717) is 10.6 Å². The second-order valence-electron chi connectivity index (χ2n) is 5.58. The van der Waals surface area contributed by atoms with Gasteiger partial charge in [0, 0.05) is 6.20 Å². The normalized spacial score (nSPS) is 10.6. The van der Waals surface area contributed by atoms with Crippen molar-refractivity contribution in [1.29, 1.82) is 0 Å². The van der Waals surface area contributed by atoms with Gasteiger partial charge in [-0.25, -0.2) is 9.78 Å². The molecule has 0 unspecified atom stereocenters. The van der Waals surface area contributed by atoms with E-state index >= 15 is 0 Å². The van der Waals surface area contributed by atoms with E-state index in [-0.39, 0.29) is 33.2 Å². The van der Waals surface area contributed by atoms with Crippen molar-refractivity contribution in [2.45, 2.75) is 31.9 Å². The fourth-order valence-corrected chi connectivity index (χ4v) is 3.81. The SMILES string of the molecule is Cc1c(C(N)=O)sc(NC(=O)CSc2ccccn2)c1C(=O)OC(C)C. The molecule has 0 bridgehead atoms. The Hall–Kier alpha value is -2.39. The number of hydrogen-bond acceptors (Lipinski definition) is 7. The molecular formula is C17H19N3O4S2. The van der Waals surface area contributed by atoms with Gasteiger partial charge in [-0.05, 0) is 38.5 Å². The molecule has 2 rings (SSSR count). The van der Waals surface area contributed by atoms with Crippen LogP contribution in [0.25, 0.3) is 0 Å². The summed E-state index contributed by atoms with van der Waals surface area (Å²) in [6.45, 7) is 5.04. The van der Waals surface area contributed by atoms with Gasteiger partial charge in [-0.3, -0.25) is 9.59 Å². The second kappa shape index (κ2) is 8.81. The molecule has 7 nitrogen and oxygen atoms in total. The smallest absolute Gasteiger partial charge is 0.341 e. The predicted octanol–water partition coefficient (Wildman–Crippen LogP) is 2.85. The highest BCUT2D eigenvalue weighted by Gasteiger charge is 2.26. The summed E-state index contributed by atoms with van der Waals surface area (Å²) < 4.78 is 5.21. The third-order valence-corrected chi connectivity index (χ3v) is 5.32. The van der Waals surface area contributed by atoms with Crippen molar-refractivity contribution in [3.63, 3.8) is 0 Å². The molecule has 0 aliphatic rings. The summed E-state index contributed by atoms with van der Waals surface area (Å²) in [7, 11) is 0. The summed E-state index contributed by atoms with van der Waals surface area (Å²) in [5.74, 6) is -1.47. The lowest BCUT2D eigenvalue weighted by Gasteiger charge is -2.10. The van der Waals surface area contributed by atoms with E-state index in [2.05, 4.69) is 10.3 Å². The topological polar surface area (TPSA) is 111 Å². The highest BCUT2D eigenvalue weighted by Crippen LogP contribution is 2.34. The summed E-state index contributed by atoms with van der Waals surface area (Å²) >= 11 is 2.23. The van der Waals surface area contributed by atoms with Gasteiger partial charge in [-0.15, -0.1) is 11.3 Å². The van der Waals surface area contributed by atoms with Gasteiger partial charge < -0.3 is 15.8 Å². The van der Waals surface area contributed by atoms with Crippen LogP contribution in [0.1, 0.15) is 39.4 Å². The average molecular weight is 393 g/mol. The minimum atomic E-state index is -0.658. The number of rotatable bonds is 7.